The molecule has 1 aromatic carbocycles. The second kappa shape index (κ2) is 7.31. The van der Waals surface area contributed by atoms with Crippen molar-refractivity contribution in [1.82, 2.24) is 5.32 Å². The van der Waals surface area contributed by atoms with Crippen LogP contribution >= 0.6 is 0 Å². The molecule has 1 atom stereocenters. The van der Waals surface area contributed by atoms with Gasteiger partial charge in [0.1, 0.15) is 0 Å². The van der Waals surface area contributed by atoms with Crippen molar-refractivity contribution in [1.29, 1.82) is 0 Å². The van der Waals surface area contributed by atoms with E-state index >= 15 is 0 Å². The van der Waals surface area contributed by atoms with Crippen LogP contribution in [0.1, 0.15) is 28.8 Å². The van der Waals surface area contributed by atoms with Crippen LogP contribution in [0.2, 0.25) is 0 Å². The van der Waals surface area contributed by atoms with Gasteiger partial charge in [0, 0.05) is 6.42 Å². The summed E-state index contributed by atoms with van der Waals surface area (Å²) in [6.45, 7) is -0.223. The molecule has 3 amide bonds. The van der Waals surface area contributed by atoms with Crippen LogP contribution in [0.15, 0.2) is 18.2 Å². The molecule has 6 nitrogen and oxygen atoms in total. The van der Waals surface area contributed by atoms with Crippen LogP contribution in [0.5, 0.6) is 0 Å². The van der Waals surface area contributed by atoms with E-state index in [1.807, 2.05) is 0 Å². The Balaban J connectivity index is 0.00000200. The van der Waals surface area contributed by atoms with E-state index in [2.05, 4.69) is 16.7 Å². The van der Waals surface area contributed by atoms with Crippen LogP contribution in [-0.4, -0.2) is 28.9 Å². The number of nitrogens with one attached hydrogen (secondary N) is 1. The number of aliphatic hydroxyl groups excluding tert-OH is 1. The minimum atomic E-state index is -0.837. The predicted octanol–water partition coefficient (Wildman–Crippen LogP) is 0.296. The van der Waals surface area contributed by atoms with Gasteiger partial charge in [0.2, 0.25) is 11.8 Å². The molecule has 1 saturated heterocycles. The summed E-state index contributed by atoms with van der Waals surface area (Å²) in [5, 5.41) is 14.9. The zero-order valence-electron chi connectivity index (χ0n) is 10.5. The Bertz CT molecular complexity index is 533. The fraction of sp³-hybridized carbons (Fsp3) is 0.308. The van der Waals surface area contributed by atoms with Crippen molar-refractivity contribution < 1.29 is 40.6 Å². The Morgan fingerprint density at radius 1 is 1.45 bits per heavy atom. The maximum atomic E-state index is 11.9. The van der Waals surface area contributed by atoms with Gasteiger partial charge in [0.15, 0.2) is 0 Å². The minimum Gasteiger partial charge on any atom is -0.684 e. The molecule has 1 aromatic rings. The monoisotopic (exact) mass is 444 g/mol. The third kappa shape index (κ3) is 3.98. The molecule has 0 aromatic heterocycles. The van der Waals surface area contributed by atoms with Crippen LogP contribution in [0.3, 0.4) is 0 Å². The number of hydrogen-bond acceptors (Lipinski definition) is 4. The Labute approximate surface area is 130 Å². The van der Waals surface area contributed by atoms with Crippen molar-refractivity contribution in [2.24, 2.45) is 0 Å². The largest absolute Gasteiger partial charge is 2.00 e. The van der Waals surface area contributed by atoms with Gasteiger partial charge >= 0.3 is 21.1 Å². The smallest absolute Gasteiger partial charge is 0.684 e. The Kier molecular flexibility index (Phi) is 6.04. The van der Waals surface area contributed by atoms with E-state index < -0.39 is 17.9 Å². The van der Waals surface area contributed by atoms with E-state index in [1.54, 1.807) is 12.1 Å². The molecule has 1 aliphatic rings. The first kappa shape index (κ1) is 16.5. The number of amides is 3. The van der Waals surface area contributed by atoms with Crippen LogP contribution in [0, 0.1) is 6.07 Å². The molecule has 0 radical (unpaired) electrons. The van der Waals surface area contributed by atoms with Gasteiger partial charge in [0.05, 0.1) is 6.61 Å². The number of piperidine rings is 1. The summed E-state index contributed by atoms with van der Waals surface area (Å²) in [6, 6.07) is 6.62. The normalized spacial score (nSPS) is 17.9. The standard InChI is InChI=1S/C13H13N2O4.W/c16-7-8-2-1-3-9(6-8)12(18)14-10-4-5-11(17)15-13(10)19;/h1-3,10,16H,4-5,7H2,(H2,14,15,17,18,19);/q-1;+2/p-1. The Morgan fingerprint density at radius 2 is 2.20 bits per heavy atom. The molecule has 0 spiro atoms. The van der Waals surface area contributed by atoms with E-state index in [1.165, 1.54) is 6.07 Å². The second-order valence-electron chi connectivity index (χ2n) is 4.15. The number of carbonyl (C=O) groups is 3. The first-order chi connectivity index (χ1) is 9.10. The molecule has 20 heavy (non-hydrogen) atoms. The average molecular weight is 444 g/mol. The van der Waals surface area contributed by atoms with Crippen molar-refractivity contribution in [3.05, 3.63) is 40.7 Å². The molecule has 0 aliphatic carbocycles. The summed E-state index contributed by atoms with van der Waals surface area (Å²) in [5.41, 5.74) is 0.667. The quantitative estimate of drug-likeness (QED) is 0.518. The maximum absolute atomic E-state index is 11.9. The molecular formula is C13H12N2O4W. The van der Waals surface area contributed by atoms with Gasteiger partial charge in [-0.05, 0) is 18.4 Å². The first-order valence-electron chi connectivity index (χ1n) is 5.81. The molecule has 104 valence electrons. The van der Waals surface area contributed by atoms with Gasteiger partial charge in [-0.1, -0.05) is 0 Å². The van der Waals surface area contributed by atoms with Crippen molar-refractivity contribution in [3.8, 4) is 0 Å². The maximum Gasteiger partial charge on any atom is 2.00 e. The van der Waals surface area contributed by atoms with Crippen LogP contribution in [0.4, 0.5) is 0 Å². The summed E-state index contributed by atoms with van der Waals surface area (Å²) in [4.78, 5) is 34.3. The van der Waals surface area contributed by atoms with Gasteiger partial charge in [-0.25, -0.2) is 0 Å². The van der Waals surface area contributed by atoms with Gasteiger partial charge in [-0.15, -0.1) is 35.4 Å². The average Bonchev–Trinajstić information content (AvgIpc) is 2.42. The summed E-state index contributed by atoms with van der Waals surface area (Å²) in [7, 11) is 0. The van der Waals surface area contributed by atoms with Gasteiger partial charge in [-0.2, -0.15) is 0 Å². The van der Waals surface area contributed by atoms with E-state index in [4.69, 9.17) is 5.11 Å². The van der Waals surface area contributed by atoms with Crippen LogP contribution in [-0.2, 0) is 37.3 Å². The van der Waals surface area contributed by atoms with E-state index in [0.29, 0.717) is 5.56 Å². The molecule has 2 N–H and O–H groups in total. The minimum absolute atomic E-state index is 0. The third-order valence-corrected chi connectivity index (χ3v) is 2.74. The second-order valence-corrected chi connectivity index (χ2v) is 4.15. The van der Waals surface area contributed by atoms with Crippen LogP contribution < -0.4 is 5.32 Å². The fourth-order valence-electron chi connectivity index (χ4n) is 1.75. The number of benzene rings is 1. The number of carbonyl (C=O) groups excluding carboxylic acids is 3. The van der Waals surface area contributed by atoms with E-state index in [-0.39, 0.29) is 52.0 Å². The third-order valence-electron chi connectivity index (χ3n) is 2.74. The van der Waals surface area contributed by atoms with Gasteiger partial charge < -0.3 is 15.2 Å². The van der Waals surface area contributed by atoms with Gasteiger partial charge in [-0.3, -0.25) is 14.9 Å². The van der Waals surface area contributed by atoms with E-state index in [9.17, 15) is 14.4 Å². The van der Waals surface area contributed by atoms with Gasteiger partial charge in [0.25, 0.3) is 0 Å². The van der Waals surface area contributed by atoms with Crippen molar-refractivity contribution >= 4 is 17.7 Å². The number of aliphatic hydroxyl groups is 1. The zero-order chi connectivity index (χ0) is 13.8. The fourth-order valence-corrected chi connectivity index (χ4v) is 1.75. The number of rotatable bonds is 3. The molecule has 2 rings (SSSR count). The summed E-state index contributed by atoms with van der Waals surface area (Å²) >= 11 is 0. The molecule has 1 unspecified atom stereocenters. The first-order valence-corrected chi connectivity index (χ1v) is 5.81. The summed E-state index contributed by atoms with van der Waals surface area (Å²) in [5.74, 6) is -1.48. The predicted molar refractivity (Wildman–Crippen MR) is 65.1 cm³/mol. The Morgan fingerprint density at radius 3 is 2.85 bits per heavy atom. The molecule has 0 saturated carbocycles. The van der Waals surface area contributed by atoms with Crippen LogP contribution in [0.25, 0.3) is 5.32 Å². The molecule has 1 heterocycles. The summed E-state index contributed by atoms with van der Waals surface area (Å²) in [6.07, 6.45) is 0.406. The number of nitrogens with zero attached hydrogens (tertiary/aromatic N) is 1. The molecule has 1 fully saturated rings. The molecule has 7 heteroatoms. The summed E-state index contributed by atoms with van der Waals surface area (Å²) < 4.78 is 0. The van der Waals surface area contributed by atoms with E-state index in [0.717, 1.165) is 0 Å². The number of imide groups is 1. The number of hydrogen-bond donors (Lipinski definition) is 2. The zero-order valence-corrected chi connectivity index (χ0v) is 13.4. The Hall–Kier alpha value is -1.52. The SMILES string of the molecule is O=C1CCC([N-]C(=O)c2[c-]c(CO)ccc2)C(=O)N1.[W+2]. The molecular weight excluding hydrogens is 432 g/mol. The molecule has 0 bridgehead atoms. The van der Waals surface area contributed by atoms with Crippen molar-refractivity contribution in [2.45, 2.75) is 25.5 Å². The van der Waals surface area contributed by atoms with Crippen molar-refractivity contribution in [3.63, 3.8) is 0 Å². The topological polar surface area (TPSA) is 97.6 Å². The molecule has 1 aliphatic heterocycles. The van der Waals surface area contributed by atoms with Crippen molar-refractivity contribution in [2.75, 3.05) is 0 Å².